The van der Waals surface area contributed by atoms with Crippen molar-refractivity contribution in [2.24, 2.45) is 0 Å². The molecule has 3 rings (SSSR count). The van der Waals surface area contributed by atoms with Crippen molar-refractivity contribution in [3.8, 4) is 0 Å². The van der Waals surface area contributed by atoms with E-state index < -0.39 is 36.0 Å². The number of rotatable bonds is 6. The van der Waals surface area contributed by atoms with Gasteiger partial charge < -0.3 is 10.6 Å². The van der Waals surface area contributed by atoms with Crippen LogP contribution < -0.4 is 10.6 Å². The van der Waals surface area contributed by atoms with E-state index in [9.17, 15) is 23.6 Å². The summed E-state index contributed by atoms with van der Waals surface area (Å²) >= 11 is 0. The second-order valence-electron chi connectivity index (χ2n) is 5.85. The predicted molar refractivity (Wildman–Crippen MR) is 93.6 cm³/mol. The van der Waals surface area contributed by atoms with Gasteiger partial charge in [0.15, 0.2) is 0 Å². The first-order chi connectivity index (χ1) is 13.0. The van der Waals surface area contributed by atoms with Crippen LogP contribution in [0.1, 0.15) is 31.1 Å². The molecule has 4 amide bonds. The van der Waals surface area contributed by atoms with Gasteiger partial charge in [0, 0.05) is 18.7 Å². The van der Waals surface area contributed by atoms with Crippen molar-refractivity contribution in [2.45, 2.75) is 0 Å². The molecule has 8 heteroatoms. The first-order valence-corrected chi connectivity index (χ1v) is 8.23. The van der Waals surface area contributed by atoms with Crippen molar-refractivity contribution >= 4 is 23.6 Å². The van der Waals surface area contributed by atoms with Gasteiger partial charge in [0.2, 0.25) is 5.91 Å². The number of halogens is 1. The minimum Gasteiger partial charge on any atom is -0.353 e. The molecular weight excluding hydrogens is 353 g/mol. The highest BCUT2D eigenvalue weighted by Crippen LogP contribution is 2.21. The van der Waals surface area contributed by atoms with E-state index in [0.717, 1.165) is 4.90 Å². The van der Waals surface area contributed by atoms with Crippen LogP contribution in [0.15, 0.2) is 48.5 Å². The lowest BCUT2D eigenvalue weighted by Crippen LogP contribution is -2.42. The average Bonchev–Trinajstić information content (AvgIpc) is 2.91. The van der Waals surface area contributed by atoms with E-state index in [4.69, 9.17) is 0 Å². The molecule has 0 aromatic heterocycles. The highest BCUT2D eigenvalue weighted by atomic mass is 19.1. The molecule has 0 unspecified atom stereocenters. The molecule has 27 heavy (non-hydrogen) atoms. The van der Waals surface area contributed by atoms with Crippen molar-refractivity contribution in [3.05, 3.63) is 71.0 Å². The summed E-state index contributed by atoms with van der Waals surface area (Å²) in [5, 5.41) is 5.11. The van der Waals surface area contributed by atoms with E-state index in [1.165, 1.54) is 24.3 Å². The fourth-order valence-corrected chi connectivity index (χ4v) is 2.66. The second-order valence-corrected chi connectivity index (χ2v) is 5.85. The lowest BCUT2D eigenvalue weighted by Gasteiger charge is -2.13. The summed E-state index contributed by atoms with van der Waals surface area (Å²) in [4.78, 5) is 49.1. The molecule has 0 radical (unpaired) electrons. The topological polar surface area (TPSA) is 95.6 Å². The predicted octanol–water partition coefficient (Wildman–Crippen LogP) is 0.968. The Balaban J connectivity index is 1.44. The SMILES string of the molecule is O=C(CN1C(=O)c2ccccc2C1=O)NCCNC(=O)c1ccc(F)cc1. The number of fused-ring (bicyclic) bond motifs is 1. The molecule has 0 bridgehead atoms. The van der Waals surface area contributed by atoms with Gasteiger partial charge in [-0.2, -0.15) is 0 Å². The summed E-state index contributed by atoms with van der Waals surface area (Å²) in [5.74, 6) is -2.36. The van der Waals surface area contributed by atoms with E-state index in [0.29, 0.717) is 5.56 Å². The van der Waals surface area contributed by atoms with E-state index >= 15 is 0 Å². The molecule has 0 aliphatic carbocycles. The van der Waals surface area contributed by atoms with Gasteiger partial charge in [-0.05, 0) is 36.4 Å². The van der Waals surface area contributed by atoms with Crippen LogP contribution in [-0.4, -0.2) is 48.2 Å². The van der Waals surface area contributed by atoms with Crippen molar-refractivity contribution in [1.29, 1.82) is 0 Å². The van der Waals surface area contributed by atoms with Crippen LogP contribution in [0.25, 0.3) is 0 Å². The maximum absolute atomic E-state index is 12.8. The Hall–Kier alpha value is -3.55. The Bertz CT molecular complexity index is 876. The largest absolute Gasteiger partial charge is 0.353 e. The molecule has 138 valence electrons. The van der Waals surface area contributed by atoms with Crippen LogP contribution in [0.5, 0.6) is 0 Å². The molecule has 0 saturated carbocycles. The van der Waals surface area contributed by atoms with E-state index in [1.807, 2.05) is 0 Å². The summed E-state index contributed by atoms with van der Waals surface area (Å²) in [7, 11) is 0. The van der Waals surface area contributed by atoms with Crippen molar-refractivity contribution < 1.29 is 23.6 Å². The third kappa shape index (κ3) is 4.00. The highest BCUT2D eigenvalue weighted by molar-refractivity contribution is 6.22. The first kappa shape index (κ1) is 18.2. The summed E-state index contributed by atoms with van der Waals surface area (Å²) in [5.41, 5.74) is 0.859. The molecule has 0 saturated heterocycles. The number of hydrogen-bond donors (Lipinski definition) is 2. The van der Waals surface area contributed by atoms with Gasteiger partial charge in [0.05, 0.1) is 11.1 Å². The van der Waals surface area contributed by atoms with E-state index in [-0.39, 0.29) is 24.2 Å². The van der Waals surface area contributed by atoms with Crippen molar-refractivity contribution in [1.82, 2.24) is 15.5 Å². The van der Waals surface area contributed by atoms with E-state index in [2.05, 4.69) is 10.6 Å². The molecule has 1 aliphatic heterocycles. The van der Waals surface area contributed by atoms with Crippen LogP contribution in [0.4, 0.5) is 4.39 Å². The minimum atomic E-state index is -0.513. The minimum absolute atomic E-state index is 0.120. The summed E-state index contributed by atoms with van der Waals surface area (Å²) in [6.07, 6.45) is 0. The van der Waals surface area contributed by atoms with Crippen molar-refractivity contribution in [2.75, 3.05) is 19.6 Å². The van der Waals surface area contributed by atoms with Gasteiger partial charge in [-0.15, -0.1) is 0 Å². The molecule has 0 fully saturated rings. The smallest absolute Gasteiger partial charge is 0.262 e. The number of amides is 4. The molecule has 7 nitrogen and oxygen atoms in total. The van der Waals surface area contributed by atoms with Crippen LogP contribution in [0.3, 0.4) is 0 Å². The molecule has 2 aromatic carbocycles. The average molecular weight is 369 g/mol. The molecule has 0 atom stereocenters. The highest BCUT2D eigenvalue weighted by Gasteiger charge is 2.36. The lowest BCUT2D eigenvalue weighted by atomic mass is 10.1. The molecule has 1 aliphatic rings. The Kier molecular flexibility index (Phi) is 5.25. The normalized spacial score (nSPS) is 12.7. The number of carbonyl (C=O) groups excluding carboxylic acids is 4. The quantitative estimate of drug-likeness (QED) is 0.586. The fraction of sp³-hybridized carbons (Fsp3) is 0.158. The number of imide groups is 1. The summed E-state index contributed by atoms with van der Waals surface area (Å²) in [6.45, 7) is -0.128. The number of nitrogens with zero attached hydrogens (tertiary/aromatic N) is 1. The van der Waals surface area contributed by atoms with Gasteiger partial charge in [-0.25, -0.2) is 4.39 Å². The van der Waals surface area contributed by atoms with Gasteiger partial charge >= 0.3 is 0 Å². The second kappa shape index (κ2) is 7.77. The van der Waals surface area contributed by atoms with Crippen LogP contribution in [-0.2, 0) is 4.79 Å². The lowest BCUT2D eigenvalue weighted by molar-refractivity contribution is -0.121. The van der Waals surface area contributed by atoms with Gasteiger partial charge in [-0.1, -0.05) is 12.1 Å². The van der Waals surface area contributed by atoms with Crippen molar-refractivity contribution in [3.63, 3.8) is 0 Å². The standard InChI is InChI=1S/C19H16FN3O4/c20-13-7-5-12(6-8-13)17(25)22-10-9-21-16(24)11-23-18(26)14-3-1-2-4-15(14)19(23)27/h1-8H,9-11H2,(H,21,24)(H,22,25). The third-order valence-corrected chi connectivity index (χ3v) is 4.02. The number of benzene rings is 2. The zero-order valence-corrected chi connectivity index (χ0v) is 14.2. The summed E-state index contributed by atoms with van der Waals surface area (Å²) < 4.78 is 12.8. The Morgan fingerprint density at radius 1 is 0.852 bits per heavy atom. The maximum Gasteiger partial charge on any atom is 0.262 e. The van der Waals surface area contributed by atoms with E-state index in [1.54, 1.807) is 24.3 Å². The maximum atomic E-state index is 12.8. The monoisotopic (exact) mass is 369 g/mol. The van der Waals surface area contributed by atoms with Gasteiger partial charge in [-0.3, -0.25) is 24.1 Å². The Morgan fingerprint density at radius 3 is 2.00 bits per heavy atom. The van der Waals surface area contributed by atoms with Crippen LogP contribution >= 0.6 is 0 Å². The van der Waals surface area contributed by atoms with Gasteiger partial charge in [0.25, 0.3) is 17.7 Å². The molecule has 1 heterocycles. The molecular formula is C19H16FN3O4. The Labute approximate surface area is 154 Å². The van der Waals surface area contributed by atoms with Crippen LogP contribution in [0, 0.1) is 5.82 Å². The fourth-order valence-electron chi connectivity index (χ4n) is 2.66. The summed E-state index contributed by atoms with van der Waals surface area (Å²) in [6, 6.07) is 11.4. The molecule has 2 aromatic rings. The van der Waals surface area contributed by atoms with Gasteiger partial charge in [0.1, 0.15) is 12.4 Å². The first-order valence-electron chi connectivity index (χ1n) is 8.23. The Morgan fingerprint density at radius 2 is 1.41 bits per heavy atom. The number of hydrogen-bond acceptors (Lipinski definition) is 4. The molecule has 0 spiro atoms. The zero-order chi connectivity index (χ0) is 19.4. The van der Waals surface area contributed by atoms with Crippen LogP contribution in [0.2, 0.25) is 0 Å². The zero-order valence-electron chi connectivity index (χ0n) is 14.2. The molecule has 2 N–H and O–H groups in total. The number of carbonyl (C=O) groups is 4. The number of nitrogens with one attached hydrogen (secondary N) is 2. The third-order valence-electron chi connectivity index (χ3n) is 4.02.